The molecule has 0 saturated carbocycles. The van der Waals surface area contributed by atoms with Crippen molar-refractivity contribution in [3.05, 3.63) is 0 Å². The smallest absolute Gasteiger partial charge is 0.0480 e. The molecule has 2 heteroatoms. The van der Waals surface area contributed by atoms with Crippen LogP contribution in [0.25, 0.3) is 0 Å². The first-order valence-corrected chi connectivity index (χ1v) is 5.24. The Kier molecular flexibility index (Phi) is 5.37. The van der Waals surface area contributed by atoms with Crippen molar-refractivity contribution in [2.45, 2.75) is 45.1 Å². The zero-order chi connectivity index (χ0) is 8.65. The van der Waals surface area contributed by atoms with E-state index in [9.17, 15) is 0 Å². The molecular weight excluding hydrogens is 150 g/mol. The van der Waals surface area contributed by atoms with Crippen LogP contribution in [0.4, 0.5) is 0 Å². The van der Waals surface area contributed by atoms with Crippen molar-refractivity contribution in [1.29, 1.82) is 0 Å². The molecule has 0 aromatic carbocycles. The Hall–Kier alpha value is -0.0800. The Labute approximate surface area is 75.7 Å². The summed E-state index contributed by atoms with van der Waals surface area (Å²) in [6.45, 7) is 5.22. The van der Waals surface area contributed by atoms with E-state index in [2.05, 4.69) is 12.2 Å². The molecule has 0 radical (unpaired) electrons. The topological polar surface area (TPSA) is 21.3 Å². The monoisotopic (exact) mass is 171 g/mol. The second-order valence-electron chi connectivity index (χ2n) is 3.55. The molecule has 1 heterocycles. The predicted molar refractivity (Wildman–Crippen MR) is 51.4 cm³/mol. The summed E-state index contributed by atoms with van der Waals surface area (Å²) in [7, 11) is 0. The molecule has 12 heavy (non-hydrogen) atoms. The highest BCUT2D eigenvalue weighted by atomic mass is 16.5. The van der Waals surface area contributed by atoms with Crippen LogP contribution in [-0.4, -0.2) is 25.8 Å². The molecule has 1 fully saturated rings. The number of piperidine rings is 1. The molecule has 1 N–H and O–H groups in total. The highest BCUT2D eigenvalue weighted by Crippen LogP contribution is 2.09. The van der Waals surface area contributed by atoms with Crippen molar-refractivity contribution < 1.29 is 4.74 Å². The first-order valence-electron chi connectivity index (χ1n) is 5.24. The van der Waals surface area contributed by atoms with Gasteiger partial charge in [0.25, 0.3) is 0 Å². The molecule has 0 aromatic rings. The standard InChI is InChI=1S/C10H21NO/c1-2-8-12-9-6-10-5-3-4-7-11-10/h10-11H,2-9H2,1H3. The SMILES string of the molecule is CCCOCCC1CCCCN1. The third-order valence-corrected chi connectivity index (χ3v) is 2.37. The van der Waals surface area contributed by atoms with Crippen LogP contribution in [0.2, 0.25) is 0 Å². The zero-order valence-electron chi connectivity index (χ0n) is 8.14. The number of ether oxygens (including phenoxy) is 1. The van der Waals surface area contributed by atoms with Gasteiger partial charge in [-0.25, -0.2) is 0 Å². The van der Waals surface area contributed by atoms with Crippen LogP contribution >= 0.6 is 0 Å². The normalized spacial score (nSPS) is 24.2. The van der Waals surface area contributed by atoms with Crippen molar-refractivity contribution in [3.8, 4) is 0 Å². The van der Waals surface area contributed by atoms with E-state index in [0.717, 1.165) is 25.7 Å². The van der Waals surface area contributed by atoms with Gasteiger partial charge in [-0.2, -0.15) is 0 Å². The van der Waals surface area contributed by atoms with Crippen LogP contribution in [0, 0.1) is 0 Å². The molecule has 1 aliphatic heterocycles. The summed E-state index contributed by atoms with van der Waals surface area (Å²) >= 11 is 0. The lowest BCUT2D eigenvalue weighted by Crippen LogP contribution is -2.34. The van der Waals surface area contributed by atoms with Gasteiger partial charge < -0.3 is 10.1 Å². The van der Waals surface area contributed by atoms with E-state index in [1.807, 2.05) is 0 Å². The second-order valence-corrected chi connectivity index (χ2v) is 3.55. The third kappa shape index (κ3) is 4.07. The highest BCUT2D eigenvalue weighted by molar-refractivity contribution is 4.71. The molecule has 0 bridgehead atoms. The van der Waals surface area contributed by atoms with Crippen LogP contribution in [0.5, 0.6) is 0 Å². The van der Waals surface area contributed by atoms with E-state index in [-0.39, 0.29) is 0 Å². The fourth-order valence-electron chi connectivity index (χ4n) is 1.64. The fraction of sp³-hybridized carbons (Fsp3) is 1.00. The summed E-state index contributed by atoms with van der Waals surface area (Å²) in [5, 5.41) is 3.52. The third-order valence-electron chi connectivity index (χ3n) is 2.37. The van der Waals surface area contributed by atoms with Crippen molar-refractivity contribution in [3.63, 3.8) is 0 Å². The maximum Gasteiger partial charge on any atom is 0.0480 e. The predicted octanol–water partition coefficient (Wildman–Crippen LogP) is 1.95. The van der Waals surface area contributed by atoms with Gasteiger partial charge in [0.2, 0.25) is 0 Å². The first-order chi connectivity index (χ1) is 5.93. The minimum atomic E-state index is 0.732. The maximum absolute atomic E-state index is 5.45. The van der Waals surface area contributed by atoms with Crippen LogP contribution in [0.1, 0.15) is 39.0 Å². The molecule has 1 atom stereocenters. The summed E-state index contributed by atoms with van der Waals surface area (Å²) in [4.78, 5) is 0. The molecule has 0 spiro atoms. The molecule has 2 nitrogen and oxygen atoms in total. The fourth-order valence-corrected chi connectivity index (χ4v) is 1.64. The Morgan fingerprint density at radius 2 is 2.25 bits per heavy atom. The first kappa shape index (κ1) is 10.0. The molecule has 1 saturated heterocycles. The lowest BCUT2D eigenvalue weighted by Gasteiger charge is -2.23. The summed E-state index contributed by atoms with van der Waals surface area (Å²) in [5.41, 5.74) is 0. The van der Waals surface area contributed by atoms with Gasteiger partial charge in [-0.3, -0.25) is 0 Å². The number of nitrogens with one attached hydrogen (secondary N) is 1. The van der Waals surface area contributed by atoms with Crippen LogP contribution in [0.3, 0.4) is 0 Å². The van der Waals surface area contributed by atoms with Gasteiger partial charge in [0, 0.05) is 19.3 Å². The van der Waals surface area contributed by atoms with E-state index in [1.54, 1.807) is 0 Å². The van der Waals surface area contributed by atoms with Gasteiger partial charge in [0.1, 0.15) is 0 Å². The van der Waals surface area contributed by atoms with Gasteiger partial charge >= 0.3 is 0 Å². The van der Waals surface area contributed by atoms with Gasteiger partial charge in [0.05, 0.1) is 0 Å². The molecule has 72 valence electrons. The molecule has 0 amide bonds. The largest absolute Gasteiger partial charge is 0.381 e. The molecule has 1 unspecified atom stereocenters. The molecular formula is C10H21NO. The number of hydrogen-bond donors (Lipinski definition) is 1. The second kappa shape index (κ2) is 6.44. The summed E-state index contributed by atoms with van der Waals surface area (Å²) in [6.07, 6.45) is 6.42. The quantitative estimate of drug-likeness (QED) is 0.638. The lowest BCUT2D eigenvalue weighted by atomic mass is 10.0. The molecule has 0 aliphatic carbocycles. The Morgan fingerprint density at radius 1 is 1.33 bits per heavy atom. The summed E-state index contributed by atoms with van der Waals surface area (Å²) in [5.74, 6) is 0. The summed E-state index contributed by atoms with van der Waals surface area (Å²) in [6, 6.07) is 0.732. The average Bonchev–Trinajstić information content (AvgIpc) is 2.14. The van der Waals surface area contributed by atoms with E-state index in [4.69, 9.17) is 4.74 Å². The van der Waals surface area contributed by atoms with Crippen LogP contribution < -0.4 is 5.32 Å². The Morgan fingerprint density at radius 3 is 2.92 bits per heavy atom. The molecule has 1 rings (SSSR count). The van der Waals surface area contributed by atoms with Gasteiger partial charge in [-0.05, 0) is 32.2 Å². The van der Waals surface area contributed by atoms with Crippen molar-refractivity contribution in [1.82, 2.24) is 5.32 Å². The van der Waals surface area contributed by atoms with E-state index in [1.165, 1.54) is 32.2 Å². The zero-order valence-corrected chi connectivity index (χ0v) is 8.14. The maximum atomic E-state index is 5.45. The van der Waals surface area contributed by atoms with Gasteiger partial charge in [0.15, 0.2) is 0 Å². The minimum absolute atomic E-state index is 0.732. The summed E-state index contributed by atoms with van der Waals surface area (Å²) < 4.78 is 5.45. The Bertz CT molecular complexity index is 100. The van der Waals surface area contributed by atoms with Crippen LogP contribution in [0.15, 0.2) is 0 Å². The van der Waals surface area contributed by atoms with Gasteiger partial charge in [-0.15, -0.1) is 0 Å². The average molecular weight is 171 g/mol. The lowest BCUT2D eigenvalue weighted by molar-refractivity contribution is 0.121. The van der Waals surface area contributed by atoms with E-state index >= 15 is 0 Å². The van der Waals surface area contributed by atoms with Crippen molar-refractivity contribution in [2.75, 3.05) is 19.8 Å². The molecule has 0 aromatic heterocycles. The van der Waals surface area contributed by atoms with Gasteiger partial charge in [-0.1, -0.05) is 13.3 Å². The minimum Gasteiger partial charge on any atom is -0.381 e. The van der Waals surface area contributed by atoms with Crippen LogP contribution in [-0.2, 0) is 4.74 Å². The highest BCUT2D eigenvalue weighted by Gasteiger charge is 2.11. The Balaban J connectivity index is 1.91. The van der Waals surface area contributed by atoms with Crippen molar-refractivity contribution in [2.24, 2.45) is 0 Å². The van der Waals surface area contributed by atoms with E-state index in [0.29, 0.717) is 0 Å². The van der Waals surface area contributed by atoms with E-state index < -0.39 is 0 Å². The number of hydrogen-bond acceptors (Lipinski definition) is 2. The van der Waals surface area contributed by atoms with Crippen molar-refractivity contribution >= 4 is 0 Å². The number of rotatable bonds is 5. The molecule has 1 aliphatic rings.